The average molecular weight is 293 g/mol. The van der Waals surface area contributed by atoms with Crippen molar-refractivity contribution in [3.8, 4) is 11.5 Å². The maximum absolute atomic E-state index is 12.0. The van der Waals surface area contributed by atoms with Crippen molar-refractivity contribution in [3.05, 3.63) is 18.1 Å². The van der Waals surface area contributed by atoms with Gasteiger partial charge in [0.25, 0.3) is 0 Å². The lowest BCUT2D eigenvalue weighted by Crippen LogP contribution is -2.18. The summed E-state index contributed by atoms with van der Waals surface area (Å²) in [6.45, 7) is 4.09. The van der Waals surface area contributed by atoms with Crippen molar-refractivity contribution in [2.75, 3.05) is 6.61 Å². The molecule has 1 N–H and O–H groups in total. The van der Waals surface area contributed by atoms with Gasteiger partial charge < -0.3 is 14.4 Å². The Morgan fingerprint density at radius 2 is 2.24 bits per heavy atom. The first-order valence-corrected chi connectivity index (χ1v) is 6.84. The van der Waals surface area contributed by atoms with Crippen LogP contribution < -0.4 is 0 Å². The van der Waals surface area contributed by atoms with E-state index >= 15 is 0 Å². The Morgan fingerprint density at radius 3 is 2.81 bits per heavy atom. The molecule has 0 saturated heterocycles. The van der Waals surface area contributed by atoms with Gasteiger partial charge in [-0.25, -0.2) is 14.5 Å². The third-order valence-corrected chi connectivity index (χ3v) is 3.09. The van der Waals surface area contributed by atoms with Crippen LogP contribution in [0, 0.1) is 0 Å². The Balaban J connectivity index is 2.48. The van der Waals surface area contributed by atoms with E-state index in [1.807, 2.05) is 14.0 Å². The van der Waals surface area contributed by atoms with Crippen molar-refractivity contribution >= 4 is 5.97 Å². The normalized spacial score (nSPS) is 12.4. The molecular formula is C13H19N5O3. The van der Waals surface area contributed by atoms with Gasteiger partial charge in [0.15, 0.2) is 5.82 Å². The van der Waals surface area contributed by atoms with Gasteiger partial charge in [-0.3, -0.25) is 0 Å². The van der Waals surface area contributed by atoms with E-state index in [4.69, 9.17) is 4.74 Å². The lowest BCUT2D eigenvalue weighted by molar-refractivity contribution is 0.0520. The van der Waals surface area contributed by atoms with Gasteiger partial charge in [-0.2, -0.15) is 0 Å². The summed E-state index contributed by atoms with van der Waals surface area (Å²) in [6.07, 6.45) is 3.39. The van der Waals surface area contributed by atoms with Crippen molar-refractivity contribution in [1.82, 2.24) is 24.5 Å². The predicted molar refractivity (Wildman–Crippen MR) is 74.5 cm³/mol. The molecule has 2 aromatic heterocycles. The fourth-order valence-electron chi connectivity index (χ4n) is 1.92. The second kappa shape index (κ2) is 6.49. The van der Waals surface area contributed by atoms with E-state index < -0.39 is 12.1 Å². The Hall–Kier alpha value is -2.22. The number of carbonyl (C=O) groups is 1. The number of ether oxygens (including phenoxy) is 1. The largest absolute Gasteiger partial charge is 0.461 e. The molecule has 8 nitrogen and oxygen atoms in total. The summed E-state index contributed by atoms with van der Waals surface area (Å²) in [5, 5.41) is 17.7. The number of nitrogens with zero attached hydrogens (tertiary/aromatic N) is 5. The van der Waals surface area contributed by atoms with Gasteiger partial charge in [-0.1, -0.05) is 12.1 Å². The van der Waals surface area contributed by atoms with Crippen LogP contribution in [0.25, 0.3) is 11.5 Å². The predicted octanol–water partition coefficient (Wildman–Crippen LogP) is 0.626. The lowest BCUT2D eigenvalue weighted by Gasteiger charge is -2.11. The number of aryl methyl sites for hydroxylation is 1. The number of hydrogen-bond acceptors (Lipinski definition) is 6. The third-order valence-electron chi connectivity index (χ3n) is 3.09. The minimum atomic E-state index is -0.569. The quantitative estimate of drug-likeness (QED) is 0.785. The zero-order valence-corrected chi connectivity index (χ0v) is 12.4. The second-order valence-electron chi connectivity index (χ2n) is 4.61. The van der Waals surface area contributed by atoms with E-state index in [1.165, 1.54) is 4.68 Å². The van der Waals surface area contributed by atoms with Gasteiger partial charge in [0, 0.05) is 19.4 Å². The van der Waals surface area contributed by atoms with Gasteiger partial charge in [-0.05, 0) is 13.3 Å². The van der Waals surface area contributed by atoms with Crippen LogP contribution in [0.15, 0.2) is 12.4 Å². The molecule has 114 valence electrons. The number of rotatable bonds is 6. The lowest BCUT2D eigenvalue weighted by atomic mass is 10.2. The smallest absolute Gasteiger partial charge is 0.361 e. The van der Waals surface area contributed by atoms with Crippen molar-refractivity contribution in [2.24, 2.45) is 7.05 Å². The summed E-state index contributed by atoms with van der Waals surface area (Å²) in [4.78, 5) is 16.2. The molecule has 0 aliphatic carbocycles. The number of imidazole rings is 1. The molecule has 0 radical (unpaired) electrons. The molecule has 0 aliphatic heterocycles. The SMILES string of the molecule is CCOC(=O)c1nnn(CC(O)CC)c1-c1nccn1C. The summed E-state index contributed by atoms with van der Waals surface area (Å²) >= 11 is 0. The number of hydrogen-bond donors (Lipinski definition) is 1. The van der Waals surface area contributed by atoms with Gasteiger partial charge >= 0.3 is 5.97 Å². The van der Waals surface area contributed by atoms with Crippen molar-refractivity contribution in [2.45, 2.75) is 32.9 Å². The highest BCUT2D eigenvalue weighted by atomic mass is 16.5. The maximum atomic E-state index is 12.0. The first kappa shape index (κ1) is 15.2. The van der Waals surface area contributed by atoms with Crippen LogP contribution in [0.2, 0.25) is 0 Å². The molecule has 0 fully saturated rings. The molecule has 2 rings (SSSR count). The Labute approximate surface area is 122 Å². The number of aliphatic hydroxyl groups excluding tert-OH is 1. The van der Waals surface area contributed by atoms with Crippen LogP contribution in [0.5, 0.6) is 0 Å². The van der Waals surface area contributed by atoms with Crippen LogP contribution in [0.4, 0.5) is 0 Å². The molecule has 1 atom stereocenters. The molecule has 0 bridgehead atoms. The first-order chi connectivity index (χ1) is 10.1. The first-order valence-electron chi connectivity index (χ1n) is 6.84. The Bertz CT molecular complexity index is 619. The summed E-state index contributed by atoms with van der Waals surface area (Å²) in [5.74, 6) is -0.000839. The van der Waals surface area contributed by atoms with Crippen molar-refractivity contribution in [3.63, 3.8) is 0 Å². The molecule has 8 heteroatoms. The third kappa shape index (κ3) is 3.10. The Kier molecular flexibility index (Phi) is 4.69. The van der Waals surface area contributed by atoms with E-state index in [0.717, 1.165) is 0 Å². The van der Waals surface area contributed by atoms with E-state index in [2.05, 4.69) is 15.3 Å². The summed E-state index contributed by atoms with van der Waals surface area (Å²) in [7, 11) is 1.81. The fraction of sp³-hybridized carbons (Fsp3) is 0.538. The molecule has 2 aromatic rings. The van der Waals surface area contributed by atoms with E-state index in [-0.39, 0.29) is 18.8 Å². The average Bonchev–Trinajstić information content (AvgIpc) is 3.05. The number of esters is 1. The van der Waals surface area contributed by atoms with E-state index in [1.54, 1.807) is 23.9 Å². The highest BCUT2D eigenvalue weighted by Gasteiger charge is 2.25. The molecule has 0 aliphatic rings. The van der Waals surface area contributed by atoms with Crippen LogP contribution in [-0.4, -0.2) is 48.3 Å². The molecule has 2 heterocycles. The highest BCUT2D eigenvalue weighted by molar-refractivity contribution is 5.93. The Morgan fingerprint density at radius 1 is 1.48 bits per heavy atom. The fourth-order valence-corrected chi connectivity index (χ4v) is 1.92. The minimum absolute atomic E-state index is 0.106. The number of aromatic nitrogens is 5. The maximum Gasteiger partial charge on any atom is 0.361 e. The molecule has 1 unspecified atom stereocenters. The second-order valence-corrected chi connectivity index (χ2v) is 4.61. The monoisotopic (exact) mass is 293 g/mol. The molecule has 0 amide bonds. The molecule has 0 spiro atoms. The topological polar surface area (TPSA) is 95.1 Å². The van der Waals surface area contributed by atoms with Crippen LogP contribution in [0.3, 0.4) is 0 Å². The summed E-state index contributed by atoms with van der Waals surface area (Å²) in [5.41, 5.74) is 0.558. The molecule has 0 saturated carbocycles. The number of aliphatic hydroxyl groups is 1. The van der Waals surface area contributed by atoms with Crippen LogP contribution >= 0.6 is 0 Å². The van der Waals surface area contributed by atoms with Gasteiger partial charge in [0.2, 0.25) is 5.69 Å². The zero-order valence-electron chi connectivity index (χ0n) is 12.4. The van der Waals surface area contributed by atoms with E-state index in [0.29, 0.717) is 17.9 Å². The van der Waals surface area contributed by atoms with Crippen LogP contribution in [0.1, 0.15) is 30.8 Å². The highest BCUT2D eigenvalue weighted by Crippen LogP contribution is 2.21. The van der Waals surface area contributed by atoms with Gasteiger partial charge in [0.05, 0.1) is 19.3 Å². The number of carbonyl (C=O) groups excluding carboxylic acids is 1. The standard InChI is InChI=1S/C13H19N5O3/c1-4-9(19)8-18-11(12-14-6-7-17(12)3)10(15-16-18)13(20)21-5-2/h6-7,9,19H,4-5,8H2,1-3H3. The van der Waals surface area contributed by atoms with Crippen molar-refractivity contribution in [1.29, 1.82) is 0 Å². The molecular weight excluding hydrogens is 274 g/mol. The van der Waals surface area contributed by atoms with Crippen molar-refractivity contribution < 1.29 is 14.6 Å². The van der Waals surface area contributed by atoms with Crippen LogP contribution in [-0.2, 0) is 18.3 Å². The zero-order chi connectivity index (χ0) is 15.4. The van der Waals surface area contributed by atoms with Gasteiger partial charge in [0.1, 0.15) is 5.69 Å². The summed E-state index contributed by atoms with van der Waals surface area (Å²) < 4.78 is 8.25. The van der Waals surface area contributed by atoms with Gasteiger partial charge in [-0.15, -0.1) is 5.10 Å². The minimum Gasteiger partial charge on any atom is -0.461 e. The molecule has 21 heavy (non-hydrogen) atoms. The summed E-state index contributed by atoms with van der Waals surface area (Å²) in [6, 6.07) is 0. The van der Waals surface area contributed by atoms with E-state index in [9.17, 15) is 9.90 Å². The molecule has 0 aromatic carbocycles.